The summed E-state index contributed by atoms with van der Waals surface area (Å²) in [4.78, 5) is 26.5. The Hall–Kier alpha value is -2.93. The van der Waals surface area contributed by atoms with Crippen LogP contribution in [0.15, 0.2) is 52.4 Å². The fraction of sp³-hybridized carbons (Fsp3) is 0.167. The normalized spacial score (nSPS) is 10.5. The van der Waals surface area contributed by atoms with Crippen molar-refractivity contribution in [1.29, 1.82) is 0 Å². The van der Waals surface area contributed by atoms with Crippen LogP contribution in [0.25, 0.3) is 10.6 Å². The van der Waals surface area contributed by atoms with E-state index in [4.69, 9.17) is 4.52 Å². The fourth-order valence-corrected chi connectivity index (χ4v) is 2.89. The molecule has 2 amide bonds. The van der Waals surface area contributed by atoms with Crippen molar-refractivity contribution in [2.24, 2.45) is 0 Å². The van der Waals surface area contributed by atoms with Gasteiger partial charge in [0.15, 0.2) is 11.5 Å². The first-order valence-corrected chi connectivity index (χ1v) is 8.52. The first kappa shape index (κ1) is 16.9. The molecular weight excluding hydrogens is 338 g/mol. The molecule has 0 aliphatic carbocycles. The summed E-state index contributed by atoms with van der Waals surface area (Å²) in [5.41, 5.74) is 1.74. The smallest absolute Gasteiger partial charge is 0.273 e. The number of nitrogens with zero attached hydrogens (tertiary/aromatic N) is 2. The maximum absolute atomic E-state index is 12.2. The number of hydrogen-bond donors (Lipinski definition) is 1. The third-order valence-electron chi connectivity index (χ3n) is 3.57. The monoisotopic (exact) mass is 355 g/mol. The molecule has 25 heavy (non-hydrogen) atoms. The second kappa shape index (κ2) is 7.31. The molecule has 0 saturated carbocycles. The van der Waals surface area contributed by atoms with Gasteiger partial charge in [-0.15, -0.1) is 11.3 Å². The number of thiophene rings is 1. The Bertz CT molecular complexity index is 867. The zero-order valence-corrected chi connectivity index (χ0v) is 14.7. The van der Waals surface area contributed by atoms with Gasteiger partial charge >= 0.3 is 0 Å². The predicted molar refractivity (Wildman–Crippen MR) is 95.4 cm³/mol. The second-order valence-electron chi connectivity index (χ2n) is 5.63. The number of benzene rings is 1. The molecule has 0 aliphatic heterocycles. The molecule has 3 aromatic rings. The van der Waals surface area contributed by atoms with Crippen molar-refractivity contribution in [2.45, 2.75) is 6.54 Å². The van der Waals surface area contributed by atoms with Crippen LogP contribution in [0.4, 0.5) is 0 Å². The summed E-state index contributed by atoms with van der Waals surface area (Å²) in [6, 6.07) is 12.6. The maximum Gasteiger partial charge on any atom is 0.273 e. The highest BCUT2D eigenvalue weighted by Gasteiger charge is 2.14. The Labute approximate surface area is 149 Å². The van der Waals surface area contributed by atoms with Gasteiger partial charge in [0.05, 0.1) is 4.88 Å². The predicted octanol–water partition coefficient (Wildman–Crippen LogP) is 3.03. The quantitative estimate of drug-likeness (QED) is 0.763. The number of aromatic nitrogens is 1. The second-order valence-corrected chi connectivity index (χ2v) is 6.58. The van der Waals surface area contributed by atoms with E-state index in [1.165, 1.54) is 16.2 Å². The summed E-state index contributed by atoms with van der Waals surface area (Å²) in [5, 5.41) is 8.54. The van der Waals surface area contributed by atoms with Gasteiger partial charge in [-0.2, -0.15) is 0 Å². The molecule has 0 radical (unpaired) electrons. The van der Waals surface area contributed by atoms with Gasteiger partial charge in [0.25, 0.3) is 11.8 Å². The van der Waals surface area contributed by atoms with Crippen LogP contribution in [-0.4, -0.2) is 36.0 Å². The molecule has 128 valence electrons. The summed E-state index contributed by atoms with van der Waals surface area (Å²) in [5.74, 6) is 0.214. The van der Waals surface area contributed by atoms with E-state index in [2.05, 4.69) is 10.5 Å². The minimum Gasteiger partial charge on any atom is -0.355 e. The summed E-state index contributed by atoms with van der Waals surface area (Å²) in [6.45, 7) is 0.344. The van der Waals surface area contributed by atoms with Gasteiger partial charge in [0.1, 0.15) is 0 Å². The zero-order chi connectivity index (χ0) is 17.8. The number of hydrogen-bond acceptors (Lipinski definition) is 5. The Kier molecular flexibility index (Phi) is 4.95. The Morgan fingerprint density at radius 1 is 1.20 bits per heavy atom. The van der Waals surface area contributed by atoms with E-state index in [9.17, 15) is 9.59 Å². The van der Waals surface area contributed by atoms with Gasteiger partial charge in [-0.25, -0.2) is 0 Å². The van der Waals surface area contributed by atoms with E-state index in [0.29, 0.717) is 17.9 Å². The van der Waals surface area contributed by atoms with Gasteiger partial charge in [0.2, 0.25) is 0 Å². The summed E-state index contributed by atoms with van der Waals surface area (Å²) in [7, 11) is 3.41. The van der Waals surface area contributed by atoms with Gasteiger partial charge in [-0.3, -0.25) is 9.59 Å². The summed E-state index contributed by atoms with van der Waals surface area (Å²) >= 11 is 1.52. The van der Waals surface area contributed by atoms with E-state index >= 15 is 0 Å². The highest BCUT2D eigenvalue weighted by molar-refractivity contribution is 7.13. The van der Waals surface area contributed by atoms with Crippen LogP contribution in [0, 0.1) is 0 Å². The molecule has 3 rings (SSSR count). The van der Waals surface area contributed by atoms with Crippen LogP contribution in [0.1, 0.15) is 26.4 Å². The van der Waals surface area contributed by atoms with Gasteiger partial charge < -0.3 is 14.7 Å². The molecule has 0 fully saturated rings. The van der Waals surface area contributed by atoms with Gasteiger partial charge in [-0.1, -0.05) is 23.4 Å². The molecule has 2 aromatic heterocycles. The Morgan fingerprint density at radius 2 is 1.96 bits per heavy atom. The molecule has 7 heteroatoms. The van der Waals surface area contributed by atoms with Crippen molar-refractivity contribution in [3.63, 3.8) is 0 Å². The summed E-state index contributed by atoms with van der Waals surface area (Å²) in [6.07, 6.45) is 0. The van der Waals surface area contributed by atoms with Crippen LogP contribution in [0.5, 0.6) is 0 Å². The van der Waals surface area contributed by atoms with E-state index in [-0.39, 0.29) is 17.5 Å². The summed E-state index contributed by atoms with van der Waals surface area (Å²) < 4.78 is 5.20. The Morgan fingerprint density at radius 3 is 2.60 bits per heavy atom. The van der Waals surface area contributed by atoms with Gasteiger partial charge in [0, 0.05) is 32.3 Å². The third kappa shape index (κ3) is 3.95. The van der Waals surface area contributed by atoms with Crippen molar-refractivity contribution in [1.82, 2.24) is 15.4 Å². The lowest BCUT2D eigenvalue weighted by Gasteiger charge is -2.10. The molecule has 1 aromatic carbocycles. The molecule has 0 unspecified atom stereocenters. The zero-order valence-electron chi connectivity index (χ0n) is 13.9. The van der Waals surface area contributed by atoms with E-state index < -0.39 is 0 Å². The van der Waals surface area contributed by atoms with Crippen molar-refractivity contribution < 1.29 is 14.1 Å². The van der Waals surface area contributed by atoms with Crippen LogP contribution in [0.2, 0.25) is 0 Å². The van der Waals surface area contributed by atoms with Crippen LogP contribution < -0.4 is 5.32 Å². The van der Waals surface area contributed by atoms with E-state index in [0.717, 1.165) is 10.4 Å². The number of rotatable bonds is 5. The number of carbonyl (C=O) groups excluding carboxylic acids is 2. The van der Waals surface area contributed by atoms with Crippen LogP contribution in [0.3, 0.4) is 0 Å². The fourth-order valence-electron chi connectivity index (χ4n) is 2.21. The average molecular weight is 355 g/mol. The molecular formula is C18H17N3O3S. The molecule has 0 bridgehead atoms. The van der Waals surface area contributed by atoms with Crippen LogP contribution in [-0.2, 0) is 6.54 Å². The topological polar surface area (TPSA) is 75.4 Å². The van der Waals surface area contributed by atoms with Crippen LogP contribution >= 0.6 is 11.3 Å². The Balaban J connectivity index is 1.60. The number of amides is 2. The first-order valence-electron chi connectivity index (χ1n) is 7.64. The van der Waals surface area contributed by atoms with Crippen molar-refractivity contribution >= 4 is 23.2 Å². The third-order valence-corrected chi connectivity index (χ3v) is 4.45. The maximum atomic E-state index is 12.2. The molecule has 1 N–H and O–H groups in total. The largest absolute Gasteiger partial charge is 0.355 e. The van der Waals surface area contributed by atoms with Crippen molar-refractivity contribution in [2.75, 3.05) is 14.1 Å². The molecule has 2 heterocycles. The SMILES string of the molecule is CN(C)C(=O)c1ccc(CNC(=O)c2cc(-c3cccs3)on2)cc1. The first-order chi connectivity index (χ1) is 12.0. The lowest BCUT2D eigenvalue weighted by molar-refractivity contribution is 0.0827. The lowest BCUT2D eigenvalue weighted by atomic mass is 10.1. The molecule has 6 nitrogen and oxygen atoms in total. The molecule has 0 aliphatic rings. The molecule has 0 saturated heterocycles. The van der Waals surface area contributed by atoms with Gasteiger partial charge in [-0.05, 0) is 29.1 Å². The highest BCUT2D eigenvalue weighted by atomic mass is 32.1. The number of nitrogens with one attached hydrogen (secondary N) is 1. The number of carbonyl (C=O) groups is 2. The standard InChI is InChI=1S/C18H17N3O3S/c1-21(2)18(23)13-7-5-12(6-8-13)11-19-17(22)14-10-15(24-20-14)16-4-3-9-25-16/h3-10H,11H2,1-2H3,(H,19,22). The molecule has 0 atom stereocenters. The van der Waals surface area contributed by atoms with Crippen molar-refractivity contribution in [3.05, 3.63) is 64.7 Å². The molecule has 0 spiro atoms. The minimum absolute atomic E-state index is 0.0562. The lowest BCUT2D eigenvalue weighted by Crippen LogP contribution is -2.23. The highest BCUT2D eigenvalue weighted by Crippen LogP contribution is 2.25. The van der Waals surface area contributed by atoms with E-state index in [1.54, 1.807) is 32.3 Å². The van der Waals surface area contributed by atoms with E-state index in [1.807, 2.05) is 29.6 Å². The minimum atomic E-state index is -0.306. The van der Waals surface area contributed by atoms with Crippen molar-refractivity contribution in [3.8, 4) is 10.6 Å². The average Bonchev–Trinajstić information content (AvgIpc) is 3.30.